The summed E-state index contributed by atoms with van der Waals surface area (Å²) in [6, 6.07) is 0. The summed E-state index contributed by atoms with van der Waals surface area (Å²) >= 11 is 0. The van der Waals surface area contributed by atoms with Crippen LogP contribution in [-0.4, -0.2) is 13.6 Å². The average Bonchev–Trinajstić information content (AvgIpc) is 2.36. The fourth-order valence-electron chi connectivity index (χ4n) is 3.85. The molecule has 0 heterocycles. The fourth-order valence-corrected chi connectivity index (χ4v) is 3.85. The first-order chi connectivity index (χ1) is 9.09. The molecule has 0 aromatic rings. The van der Waals surface area contributed by atoms with Gasteiger partial charge in [-0.15, -0.1) is 0 Å². The van der Waals surface area contributed by atoms with E-state index in [1.807, 2.05) is 0 Å². The number of hydrogen-bond acceptors (Lipinski definition) is 1. The van der Waals surface area contributed by atoms with E-state index >= 15 is 0 Å². The molecule has 0 bridgehead atoms. The highest BCUT2D eigenvalue weighted by Gasteiger charge is 2.33. The molecule has 1 nitrogen and oxygen atoms in total. The van der Waals surface area contributed by atoms with Gasteiger partial charge in [-0.05, 0) is 50.1 Å². The van der Waals surface area contributed by atoms with E-state index in [1.54, 1.807) is 0 Å². The van der Waals surface area contributed by atoms with Crippen LogP contribution in [-0.2, 0) is 0 Å². The molecule has 0 saturated heterocycles. The predicted octanol–water partition coefficient (Wildman–Crippen LogP) is 5.40. The molecule has 0 aliphatic heterocycles. The molecule has 1 saturated carbocycles. The Bertz CT molecular complexity index is 222. The summed E-state index contributed by atoms with van der Waals surface area (Å²) in [5.41, 5.74) is 0.594. The molecular formula is C18H37N. The van der Waals surface area contributed by atoms with Crippen molar-refractivity contribution < 1.29 is 0 Å². The number of unbranched alkanes of at least 4 members (excludes halogenated alkanes) is 5. The van der Waals surface area contributed by atoms with Crippen molar-refractivity contribution in [3.8, 4) is 0 Å². The van der Waals surface area contributed by atoms with E-state index in [1.165, 1.54) is 70.8 Å². The van der Waals surface area contributed by atoms with E-state index in [4.69, 9.17) is 0 Å². The highest BCUT2D eigenvalue weighted by molar-refractivity contribution is 4.85. The first-order valence-corrected chi connectivity index (χ1v) is 8.73. The highest BCUT2D eigenvalue weighted by atomic mass is 14.8. The Morgan fingerprint density at radius 2 is 1.68 bits per heavy atom. The van der Waals surface area contributed by atoms with Gasteiger partial charge in [0.1, 0.15) is 0 Å². The van der Waals surface area contributed by atoms with Crippen molar-refractivity contribution in [3.63, 3.8) is 0 Å². The molecule has 1 fully saturated rings. The van der Waals surface area contributed by atoms with Gasteiger partial charge in [-0.1, -0.05) is 65.7 Å². The predicted molar refractivity (Wildman–Crippen MR) is 86.5 cm³/mol. The number of nitrogens with one attached hydrogen (secondary N) is 1. The van der Waals surface area contributed by atoms with Crippen LogP contribution in [0.2, 0.25) is 0 Å². The van der Waals surface area contributed by atoms with E-state index in [2.05, 4.69) is 33.1 Å². The van der Waals surface area contributed by atoms with Gasteiger partial charge >= 0.3 is 0 Å². The molecule has 0 amide bonds. The van der Waals surface area contributed by atoms with E-state index in [9.17, 15) is 0 Å². The Labute approximate surface area is 121 Å². The number of hydrogen-bond donors (Lipinski definition) is 1. The lowest BCUT2D eigenvalue weighted by atomic mass is 9.66. The maximum absolute atomic E-state index is 3.41. The highest BCUT2D eigenvalue weighted by Crippen LogP contribution is 2.43. The van der Waals surface area contributed by atoms with Gasteiger partial charge in [-0.2, -0.15) is 0 Å². The zero-order valence-corrected chi connectivity index (χ0v) is 13.9. The SMILES string of the molecule is CCCCCCCCC1CC(C)(C)CCC1CNC. The molecule has 1 rings (SSSR count). The van der Waals surface area contributed by atoms with Crippen LogP contribution in [0.5, 0.6) is 0 Å². The van der Waals surface area contributed by atoms with Crippen LogP contribution >= 0.6 is 0 Å². The molecule has 1 aliphatic rings. The maximum atomic E-state index is 3.41. The lowest BCUT2D eigenvalue weighted by Crippen LogP contribution is -2.35. The second-order valence-electron chi connectivity index (χ2n) is 7.54. The largest absolute Gasteiger partial charge is 0.319 e. The van der Waals surface area contributed by atoms with Gasteiger partial charge in [0.15, 0.2) is 0 Å². The lowest BCUT2D eigenvalue weighted by Gasteiger charge is -2.41. The van der Waals surface area contributed by atoms with E-state index < -0.39 is 0 Å². The topological polar surface area (TPSA) is 12.0 Å². The summed E-state index contributed by atoms with van der Waals surface area (Å²) in [5.74, 6) is 1.91. The molecule has 0 spiro atoms. The first-order valence-electron chi connectivity index (χ1n) is 8.73. The molecule has 1 N–H and O–H groups in total. The molecule has 0 aromatic heterocycles. The summed E-state index contributed by atoms with van der Waals surface area (Å²) in [6.45, 7) is 8.47. The molecule has 114 valence electrons. The van der Waals surface area contributed by atoms with Crippen LogP contribution in [0, 0.1) is 17.3 Å². The van der Waals surface area contributed by atoms with Crippen LogP contribution in [0.4, 0.5) is 0 Å². The van der Waals surface area contributed by atoms with Gasteiger partial charge < -0.3 is 5.32 Å². The molecule has 0 aromatic carbocycles. The van der Waals surface area contributed by atoms with Crippen molar-refractivity contribution in [1.29, 1.82) is 0 Å². The average molecular weight is 268 g/mol. The molecule has 2 atom stereocenters. The molecule has 1 aliphatic carbocycles. The summed E-state index contributed by atoms with van der Waals surface area (Å²) in [4.78, 5) is 0. The Balaban J connectivity index is 2.25. The van der Waals surface area contributed by atoms with E-state index in [0.717, 1.165) is 11.8 Å². The molecule has 1 heteroatoms. The second kappa shape index (κ2) is 9.00. The normalized spacial score (nSPS) is 26.5. The smallest absolute Gasteiger partial charge is 0.00209 e. The maximum Gasteiger partial charge on any atom is -0.00209 e. The molecule has 19 heavy (non-hydrogen) atoms. The third-order valence-corrected chi connectivity index (χ3v) is 5.07. The van der Waals surface area contributed by atoms with Crippen molar-refractivity contribution in [1.82, 2.24) is 5.32 Å². The van der Waals surface area contributed by atoms with Gasteiger partial charge in [0.2, 0.25) is 0 Å². The standard InChI is InChI=1S/C18H37N/c1-5-6-7-8-9-10-11-16-14-18(2,3)13-12-17(16)15-19-4/h16-17,19H,5-15H2,1-4H3. The second-order valence-corrected chi connectivity index (χ2v) is 7.54. The summed E-state index contributed by atoms with van der Waals surface area (Å²) in [6.07, 6.45) is 14.4. The van der Waals surface area contributed by atoms with Crippen molar-refractivity contribution in [2.24, 2.45) is 17.3 Å². The molecule has 2 unspecified atom stereocenters. The van der Waals surface area contributed by atoms with Crippen LogP contribution in [0.25, 0.3) is 0 Å². The van der Waals surface area contributed by atoms with Gasteiger partial charge in [0.05, 0.1) is 0 Å². The van der Waals surface area contributed by atoms with Gasteiger partial charge in [-0.25, -0.2) is 0 Å². The van der Waals surface area contributed by atoms with Crippen molar-refractivity contribution in [2.45, 2.75) is 85.0 Å². The van der Waals surface area contributed by atoms with Gasteiger partial charge in [0.25, 0.3) is 0 Å². The monoisotopic (exact) mass is 267 g/mol. The minimum absolute atomic E-state index is 0.594. The van der Waals surface area contributed by atoms with Crippen molar-refractivity contribution in [2.75, 3.05) is 13.6 Å². The Morgan fingerprint density at radius 3 is 2.37 bits per heavy atom. The minimum atomic E-state index is 0.594. The third kappa shape index (κ3) is 6.79. The van der Waals surface area contributed by atoms with Gasteiger partial charge in [0, 0.05) is 0 Å². The zero-order chi connectivity index (χ0) is 14.1. The van der Waals surface area contributed by atoms with Crippen LogP contribution in [0.1, 0.15) is 85.0 Å². The van der Waals surface area contributed by atoms with E-state index in [-0.39, 0.29) is 0 Å². The quantitative estimate of drug-likeness (QED) is 0.552. The van der Waals surface area contributed by atoms with Crippen molar-refractivity contribution in [3.05, 3.63) is 0 Å². The molecular weight excluding hydrogens is 230 g/mol. The minimum Gasteiger partial charge on any atom is -0.319 e. The van der Waals surface area contributed by atoms with Crippen LogP contribution < -0.4 is 5.32 Å². The van der Waals surface area contributed by atoms with Gasteiger partial charge in [-0.3, -0.25) is 0 Å². The lowest BCUT2D eigenvalue weighted by molar-refractivity contribution is 0.109. The number of rotatable bonds is 9. The Kier molecular flexibility index (Phi) is 8.06. The fraction of sp³-hybridized carbons (Fsp3) is 1.00. The van der Waals surface area contributed by atoms with E-state index in [0.29, 0.717) is 5.41 Å². The summed E-state index contributed by atoms with van der Waals surface area (Å²) in [5, 5.41) is 3.41. The summed E-state index contributed by atoms with van der Waals surface area (Å²) in [7, 11) is 2.11. The van der Waals surface area contributed by atoms with Crippen LogP contribution in [0.15, 0.2) is 0 Å². The Morgan fingerprint density at radius 1 is 1.00 bits per heavy atom. The third-order valence-electron chi connectivity index (χ3n) is 5.07. The molecule has 0 radical (unpaired) electrons. The van der Waals surface area contributed by atoms with Crippen LogP contribution in [0.3, 0.4) is 0 Å². The zero-order valence-electron chi connectivity index (χ0n) is 13.9. The Hall–Kier alpha value is -0.0400. The van der Waals surface area contributed by atoms with Crippen molar-refractivity contribution >= 4 is 0 Å². The summed E-state index contributed by atoms with van der Waals surface area (Å²) < 4.78 is 0. The first kappa shape index (κ1) is 17.0.